The van der Waals surface area contributed by atoms with Crippen molar-refractivity contribution in [3.63, 3.8) is 0 Å². The molecule has 18 heavy (non-hydrogen) atoms. The van der Waals surface area contributed by atoms with Gasteiger partial charge in [-0.1, -0.05) is 13.8 Å². The molecule has 0 amide bonds. The first-order valence-electron chi connectivity index (χ1n) is 6.01. The van der Waals surface area contributed by atoms with E-state index in [1.54, 1.807) is 0 Å². The second-order valence-electron chi connectivity index (χ2n) is 4.48. The van der Waals surface area contributed by atoms with E-state index < -0.39 is 12.6 Å². The van der Waals surface area contributed by atoms with Crippen LogP contribution in [0.25, 0.3) is 0 Å². The fourth-order valence-corrected chi connectivity index (χ4v) is 1.45. The lowest BCUT2D eigenvalue weighted by Crippen LogP contribution is -2.09. The Labute approximate surface area is 105 Å². The second-order valence-corrected chi connectivity index (χ2v) is 4.48. The van der Waals surface area contributed by atoms with E-state index in [0.29, 0.717) is 24.7 Å². The zero-order valence-corrected chi connectivity index (χ0v) is 10.6. The van der Waals surface area contributed by atoms with E-state index in [1.807, 2.05) is 19.9 Å². The van der Waals surface area contributed by atoms with E-state index in [4.69, 9.17) is 0 Å². The molecule has 102 valence electrons. The minimum absolute atomic E-state index is 0.138. The lowest BCUT2D eigenvalue weighted by Gasteiger charge is -2.09. The van der Waals surface area contributed by atoms with E-state index >= 15 is 0 Å². The van der Waals surface area contributed by atoms with Gasteiger partial charge in [0.25, 0.3) is 0 Å². The number of rotatable bonds is 6. The van der Waals surface area contributed by atoms with Crippen LogP contribution in [0.15, 0.2) is 12.4 Å². The molecule has 0 fully saturated rings. The van der Waals surface area contributed by atoms with E-state index in [1.165, 1.54) is 6.33 Å². The highest BCUT2D eigenvalue weighted by Gasteiger charge is 2.25. The van der Waals surface area contributed by atoms with Crippen molar-refractivity contribution in [3.8, 4) is 0 Å². The molecule has 6 heteroatoms. The molecule has 0 unspecified atom stereocenters. The Balaban J connectivity index is 2.29. The van der Waals surface area contributed by atoms with Crippen LogP contribution in [0.1, 0.15) is 44.7 Å². The number of nitrogens with zero attached hydrogens (tertiary/aromatic N) is 2. The molecule has 0 aromatic carbocycles. The average molecular weight is 261 g/mol. The highest BCUT2D eigenvalue weighted by atomic mass is 19.4. The summed E-state index contributed by atoms with van der Waals surface area (Å²) in [6.45, 7) is 4.54. The normalized spacial score (nSPS) is 11.9. The van der Waals surface area contributed by atoms with E-state index in [9.17, 15) is 13.2 Å². The fraction of sp³-hybridized carbons (Fsp3) is 0.667. The van der Waals surface area contributed by atoms with Gasteiger partial charge in [-0.05, 0) is 18.8 Å². The van der Waals surface area contributed by atoms with Crippen LogP contribution in [0.5, 0.6) is 0 Å². The van der Waals surface area contributed by atoms with Gasteiger partial charge in [-0.15, -0.1) is 0 Å². The first kappa shape index (κ1) is 14.7. The van der Waals surface area contributed by atoms with Gasteiger partial charge in [-0.25, -0.2) is 9.97 Å². The molecular formula is C12H18F3N3. The minimum atomic E-state index is -4.06. The molecule has 0 aliphatic carbocycles. The van der Waals surface area contributed by atoms with Gasteiger partial charge in [0, 0.05) is 24.7 Å². The van der Waals surface area contributed by atoms with Crippen molar-refractivity contribution in [2.45, 2.75) is 45.2 Å². The Kier molecular flexibility index (Phi) is 5.37. The molecule has 1 rings (SSSR count). The molecule has 1 aromatic rings. The van der Waals surface area contributed by atoms with Crippen molar-refractivity contribution >= 4 is 5.82 Å². The topological polar surface area (TPSA) is 37.8 Å². The van der Waals surface area contributed by atoms with Gasteiger partial charge >= 0.3 is 6.18 Å². The lowest BCUT2D eigenvalue weighted by molar-refractivity contribution is -0.135. The zero-order valence-electron chi connectivity index (χ0n) is 10.6. The zero-order chi connectivity index (χ0) is 13.6. The summed E-state index contributed by atoms with van der Waals surface area (Å²) in [5, 5.41) is 3.01. The van der Waals surface area contributed by atoms with Gasteiger partial charge in [-0.2, -0.15) is 13.2 Å². The summed E-state index contributed by atoms with van der Waals surface area (Å²) in [5.74, 6) is 0.972. The quantitative estimate of drug-likeness (QED) is 0.792. The Bertz CT molecular complexity index is 364. The molecule has 0 atom stereocenters. The van der Waals surface area contributed by atoms with Crippen molar-refractivity contribution in [2.75, 3.05) is 11.9 Å². The van der Waals surface area contributed by atoms with Gasteiger partial charge in [0.1, 0.15) is 12.1 Å². The third kappa shape index (κ3) is 5.84. The summed E-state index contributed by atoms with van der Waals surface area (Å²) in [7, 11) is 0. The largest absolute Gasteiger partial charge is 0.389 e. The molecule has 0 radical (unpaired) electrons. The number of aromatic nitrogens is 2. The highest BCUT2D eigenvalue weighted by molar-refractivity contribution is 5.35. The van der Waals surface area contributed by atoms with Gasteiger partial charge in [0.2, 0.25) is 0 Å². The van der Waals surface area contributed by atoms with E-state index in [2.05, 4.69) is 15.3 Å². The number of alkyl halides is 3. The lowest BCUT2D eigenvalue weighted by atomic mass is 10.1. The molecule has 0 aliphatic heterocycles. The number of hydrogen-bond donors (Lipinski definition) is 1. The Morgan fingerprint density at radius 1 is 1.22 bits per heavy atom. The molecule has 0 saturated carbocycles. The molecule has 0 saturated heterocycles. The predicted octanol–water partition coefficient (Wildman–Crippen LogP) is 3.74. The maximum Gasteiger partial charge on any atom is 0.389 e. The maximum absolute atomic E-state index is 11.9. The van der Waals surface area contributed by atoms with Crippen LogP contribution in [0.3, 0.4) is 0 Å². The van der Waals surface area contributed by atoms with E-state index in [0.717, 1.165) is 5.69 Å². The fourth-order valence-electron chi connectivity index (χ4n) is 1.45. The third-order valence-electron chi connectivity index (χ3n) is 2.47. The standard InChI is InChI=1S/C12H18F3N3/c1-9(2)10-7-11(18-8-17-10)16-6-4-3-5-12(13,14)15/h7-9H,3-6H2,1-2H3,(H,16,17,18). The monoisotopic (exact) mass is 261 g/mol. The molecule has 0 aliphatic rings. The SMILES string of the molecule is CC(C)c1cc(NCCCCC(F)(F)F)ncn1. The molecule has 1 aromatic heterocycles. The Hall–Kier alpha value is -1.33. The molecule has 0 bridgehead atoms. The van der Waals surface area contributed by atoms with Crippen LogP contribution in [-0.4, -0.2) is 22.7 Å². The number of nitrogens with one attached hydrogen (secondary N) is 1. The van der Waals surface area contributed by atoms with Crippen LogP contribution in [-0.2, 0) is 0 Å². The van der Waals surface area contributed by atoms with Crippen molar-refractivity contribution in [2.24, 2.45) is 0 Å². The average Bonchev–Trinajstić information content (AvgIpc) is 2.27. The molecule has 0 spiro atoms. The van der Waals surface area contributed by atoms with Gasteiger partial charge in [0.05, 0.1) is 0 Å². The first-order valence-corrected chi connectivity index (χ1v) is 6.01. The number of unbranched alkanes of at least 4 members (excludes halogenated alkanes) is 1. The van der Waals surface area contributed by atoms with E-state index in [-0.39, 0.29) is 6.42 Å². The number of anilines is 1. The van der Waals surface area contributed by atoms with Crippen LogP contribution in [0, 0.1) is 0 Å². The highest BCUT2D eigenvalue weighted by Crippen LogP contribution is 2.22. The van der Waals surface area contributed by atoms with Crippen LogP contribution < -0.4 is 5.32 Å². The summed E-state index contributed by atoms with van der Waals surface area (Å²) in [6, 6.07) is 1.83. The Morgan fingerprint density at radius 2 is 1.94 bits per heavy atom. The summed E-state index contributed by atoms with van der Waals surface area (Å²) < 4.78 is 35.7. The molecule has 3 nitrogen and oxygen atoms in total. The van der Waals surface area contributed by atoms with Gasteiger partial charge in [-0.3, -0.25) is 0 Å². The number of hydrogen-bond acceptors (Lipinski definition) is 3. The number of halogens is 3. The summed E-state index contributed by atoms with van der Waals surface area (Å²) in [5.41, 5.74) is 0.919. The van der Waals surface area contributed by atoms with Crippen LogP contribution >= 0.6 is 0 Å². The molecular weight excluding hydrogens is 243 g/mol. The van der Waals surface area contributed by atoms with Crippen LogP contribution in [0.4, 0.5) is 19.0 Å². The Morgan fingerprint density at radius 3 is 2.56 bits per heavy atom. The molecule has 1 N–H and O–H groups in total. The first-order chi connectivity index (χ1) is 8.38. The summed E-state index contributed by atoms with van der Waals surface area (Å²) >= 11 is 0. The van der Waals surface area contributed by atoms with Gasteiger partial charge < -0.3 is 5.32 Å². The predicted molar refractivity (Wildman–Crippen MR) is 64.5 cm³/mol. The van der Waals surface area contributed by atoms with Crippen LogP contribution in [0.2, 0.25) is 0 Å². The summed E-state index contributed by atoms with van der Waals surface area (Å²) in [4.78, 5) is 8.14. The maximum atomic E-state index is 11.9. The smallest absolute Gasteiger partial charge is 0.370 e. The minimum Gasteiger partial charge on any atom is -0.370 e. The van der Waals surface area contributed by atoms with Gasteiger partial charge in [0.15, 0.2) is 0 Å². The summed E-state index contributed by atoms with van der Waals surface area (Å²) in [6.07, 6.45) is -2.71. The van der Waals surface area contributed by atoms with Crippen molar-refractivity contribution in [1.82, 2.24) is 9.97 Å². The van der Waals surface area contributed by atoms with Crippen molar-refractivity contribution in [1.29, 1.82) is 0 Å². The van der Waals surface area contributed by atoms with Crippen molar-refractivity contribution < 1.29 is 13.2 Å². The molecule has 1 heterocycles. The third-order valence-corrected chi connectivity index (χ3v) is 2.47. The second kappa shape index (κ2) is 6.56. The van der Waals surface area contributed by atoms with Crippen molar-refractivity contribution in [3.05, 3.63) is 18.1 Å².